The van der Waals surface area contributed by atoms with Crippen LogP contribution in [-0.4, -0.2) is 48.4 Å². The van der Waals surface area contributed by atoms with Gasteiger partial charge in [0.1, 0.15) is 5.82 Å². The molecule has 0 saturated carbocycles. The van der Waals surface area contributed by atoms with E-state index < -0.39 is 16.7 Å². The van der Waals surface area contributed by atoms with Crippen molar-refractivity contribution in [1.82, 2.24) is 24.9 Å². The van der Waals surface area contributed by atoms with Crippen LogP contribution in [0.15, 0.2) is 41.2 Å². The maximum absolute atomic E-state index is 13.3. The zero-order chi connectivity index (χ0) is 21.3. The van der Waals surface area contributed by atoms with Crippen LogP contribution in [0.4, 0.5) is 10.3 Å². The molecule has 1 saturated heterocycles. The molecule has 2 amide bonds. The van der Waals surface area contributed by atoms with Gasteiger partial charge in [-0.1, -0.05) is 12.1 Å². The van der Waals surface area contributed by atoms with Crippen LogP contribution in [0.1, 0.15) is 17.5 Å². The fraction of sp³-hybridized carbons (Fsp3) is 0.211. The van der Waals surface area contributed by atoms with Crippen molar-refractivity contribution in [2.45, 2.75) is 18.0 Å². The first-order chi connectivity index (χ1) is 14.4. The van der Waals surface area contributed by atoms with Crippen LogP contribution in [0.3, 0.4) is 0 Å². The van der Waals surface area contributed by atoms with Crippen LogP contribution in [0.5, 0.6) is 0 Å². The summed E-state index contributed by atoms with van der Waals surface area (Å²) in [5.74, 6) is -0.813. The number of amides is 2. The molecule has 9 nitrogen and oxygen atoms in total. The third kappa shape index (κ3) is 4.10. The Kier molecular flexibility index (Phi) is 5.36. The molecule has 0 aliphatic carbocycles. The molecule has 0 bridgehead atoms. The molecule has 11 heteroatoms. The van der Waals surface area contributed by atoms with E-state index >= 15 is 0 Å². The molecule has 3 heterocycles. The van der Waals surface area contributed by atoms with E-state index in [0.29, 0.717) is 35.7 Å². The SMILES string of the molecule is CS(=O)c1nc(NCCc2cccc(F)c2)n2ncc(/C=C3\CC(=O)NC3=O)c2n1. The van der Waals surface area contributed by atoms with E-state index in [1.165, 1.54) is 35.2 Å². The van der Waals surface area contributed by atoms with Crippen molar-refractivity contribution in [2.24, 2.45) is 0 Å². The summed E-state index contributed by atoms with van der Waals surface area (Å²) in [6.45, 7) is 0.429. The smallest absolute Gasteiger partial charge is 0.254 e. The summed E-state index contributed by atoms with van der Waals surface area (Å²) in [6.07, 6.45) is 5.00. The second-order valence-electron chi connectivity index (χ2n) is 6.65. The number of benzene rings is 1. The van der Waals surface area contributed by atoms with Crippen molar-refractivity contribution >= 4 is 40.3 Å². The van der Waals surface area contributed by atoms with Gasteiger partial charge in [-0.05, 0) is 30.2 Å². The number of halogens is 1. The fourth-order valence-electron chi connectivity index (χ4n) is 3.04. The molecule has 4 rings (SSSR count). The lowest BCUT2D eigenvalue weighted by Crippen LogP contribution is -2.19. The molecule has 154 valence electrons. The number of rotatable bonds is 6. The Bertz CT molecular complexity index is 1220. The van der Waals surface area contributed by atoms with Gasteiger partial charge in [0.2, 0.25) is 17.0 Å². The van der Waals surface area contributed by atoms with Crippen molar-refractivity contribution in [2.75, 3.05) is 18.1 Å². The number of hydrogen-bond acceptors (Lipinski definition) is 7. The number of anilines is 1. The van der Waals surface area contributed by atoms with Crippen molar-refractivity contribution in [1.29, 1.82) is 0 Å². The average molecular weight is 428 g/mol. The highest BCUT2D eigenvalue weighted by Gasteiger charge is 2.24. The van der Waals surface area contributed by atoms with Crippen molar-refractivity contribution in [3.63, 3.8) is 0 Å². The van der Waals surface area contributed by atoms with Gasteiger partial charge in [-0.2, -0.15) is 19.6 Å². The van der Waals surface area contributed by atoms with Crippen LogP contribution in [0.25, 0.3) is 11.7 Å². The van der Waals surface area contributed by atoms with Gasteiger partial charge in [0.05, 0.1) is 23.4 Å². The molecule has 1 atom stereocenters. The number of carbonyl (C=O) groups is 2. The molecular formula is C19H17FN6O3S. The van der Waals surface area contributed by atoms with E-state index in [2.05, 4.69) is 25.7 Å². The lowest BCUT2D eigenvalue weighted by molar-refractivity contribution is -0.124. The normalized spacial score (nSPS) is 16.3. The van der Waals surface area contributed by atoms with E-state index in [1.54, 1.807) is 6.07 Å². The maximum Gasteiger partial charge on any atom is 0.254 e. The van der Waals surface area contributed by atoms with Crippen molar-refractivity contribution < 1.29 is 18.2 Å². The average Bonchev–Trinajstić information content (AvgIpc) is 3.24. The number of nitrogens with zero attached hydrogens (tertiary/aromatic N) is 4. The van der Waals surface area contributed by atoms with Crippen LogP contribution in [0, 0.1) is 5.82 Å². The summed E-state index contributed by atoms with van der Waals surface area (Å²) in [5.41, 5.74) is 1.96. The molecule has 3 aromatic rings. The first-order valence-electron chi connectivity index (χ1n) is 9.03. The molecule has 1 aromatic carbocycles. The minimum absolute atomic E-state index is 0.0213. The minimum Gasteiger partial charge on any atom is -0.354 e. The van der Waals surface area contributed by atoms with E-state index in [-0.39, 0.29) is 23.3 Å². The molecule has 1 fully saturated rings. The topological polar surface area (TPSA) is 118 Å². The van der Waals surface area contributed by atoms with E-state index in [4.69, 9.17) is 0 Å². The Labute approximate surface area is 172 Å². The first-order valence-corrected chi connectivity index (χ1v) is 10.6. The van der Waals surface area contributed by atoms with E-state index in [1.807, 2.05) is 6.07 Å². The molecule has 0 spiro atoms. The van der Waals surface area contributed by atoms with E-state index in [9.17, 15) is 18.2 Å². The lowest BCUT2D eigenvalue weighted by atomic mass is 10.1. The molecule has 1 aliphatic rings. The number of nitrogens with one attached hydrogen (secondary N) is 2. The van der Waals surface area contributed by atoms with Gasteiger partial charge >= 0.3 is 0 Å². The summed E-state index contributed by atoms with van der Waals surface area (Å²) < 4.78 is 26.8. The summed E-state index contributed by atoms with van der Waals surface area (Å²) in [4.78, 5) is 31.8. The van der Waals surface area contributed by atoms with Crippen LogP contribution >= 0.6 is 0 Å². The number of carbonyl (C=O) groups excluding carboxylic acids is 2. The van der Waals surface area contributed by atoms with Crippen LogP contribution in [-0.2, 0) is 26.8 Å². The largest absolute Gasteiger partial charge is 0.354 e. The van der Waals surface area contributed by atoms with Crippen molar-refractivity contribution in [3.8, 4) is 0 Å². The van der Waals surface area contributed by atoms with Gasteiger partial charge < -0.3 is 5.32 Å². The van der Waals surface area contributed by atoms with Gasteiger partial charge in [0.25, 0.3) is 5.91 Å². The Morgan fingerprint density at radius 1 is 1.33 bits per heavy atom. The molecule has 1 aliphatic heterocycles. The molecule has 2 N–H and O–H groups in total. The quantitative estimate of drug-likeness (QED) is 0.446. The monoisotopic (exact) mass is 428 g/mol. The molecule has 0 radical (unpaired) electrons. The first kappa shape index (κ1) is 19.8. The molecule has 2 aromatic heterocycles. The Hall–Kier alpha value is -3.47. The maximum atomic E-state index is 13.3. The highest BCUT2D eigenvalue weighted by atomic mass is 32.2. The van der Waals surface area contributed by atoms with Gasteiger partial charge in [0.15, 0.2) is 5.65 Å². The molecule has 1 unspecified atom stereocenters. The summed E-state index contributed by atoms with van der Waals surface area (Å²) in [6, 6.07) is 6.30. The standard InChI is InChI=1S/C19H17FN6O3S/c1-30(29)19-24-16-13(8-12-9-15(27)23-17(12)28)10-22-26(16)18(25-19)21-6-5-11-3-2-4-14(20)7-11/h2-4,7-8,10H,5-6,9H2,1H3,(H,21,24,25)(H,23,27,28)/b12-8+. The lowest BCUT2D eigenvalue weighted by Gasteiger charge is -2.09. The number of fused-ring (bicyclic) bond motifs is 1. The Balaban J connectivity index is 1.65. The second-order valence-corrected chi connectivity index (χ2v) is 7.92. The van der Waals surface area contributed by atoms with Gasteiger partial charge in [-0.15, -0.1) is 0 Å². The van der Waals surface area contributed by atoms with E-state index in [0.717, 1.165) is 5.56 Å². The van der Waals surface area contributed by atoms with Gasteiger partial charge in [-0.25, -0.2) is 4.39 Å². The summed E-state index contributed by atoms with van der Waals surface area (Å²) >= 11 is 0. The number of imide groups is 1. The third-order valence-electron chi connectivity index (χ3n) is 4.44. The van der Waals surface area contributed by atoms with Crippen LogP contribution < -0.4 is 10.6 Å². The van der Waals surface area contributed by atoms with Crippen molar-refractivity contribution in [3.05, 3.63) is 53.0 Å². The summed E-state index contributed by atoms with van der Waals surface area (Å²) in [5, 5.41) is 9.69. The highest BCUT2D eigenvalue weighted by Crippen LogP contribution is 2.20. The fourth-order valence-corrected chi connectivity index (χ4v) is 3.47. The molecule has 30 heavy (non-hydrogen) atoms. The number of hydrogen-bond donors (Lipinski definition) is 2. The summed E-state index contributed by atoms with van der Waals surface area (Å²) in [7, 11) is -1.46. The predicted octanol–water partition coefficient (Wildman–Crippen LogP) is 1.09. The predicted molar refractivity (Wildman–Crippen MR) is 107 cm³/mol. The van der Waals surface area contributed by atoms with Gasteiger partial charge in [0, 0.05) is 23.9 Å². The minimum atomic E-state index is -1.46. The van der Waals surface area contributed by atoms with Gasteiger partial charge in [-0.3, -0.25) is 19.1 Å². The second kappa shape index (κ2) is 8.11. The zero-order valence-electron chi connectivity index (χ0n) is 15.9. The Morgan fingerprint density at radius 3 is 2.87 bits per heavy atom. The highest BCUT2D eigenvalue weighted by molar-refractivity contribution is 7.84. The molecular weight excluding hydrogens is 411 g/mol. The third-order valence-corrected chi connectivity index (χ3v) is 5.14. The van der Waals surface area contributed by atoms with Crippen LogP contribution in [0.2, 0.25) is 0 Å². The Morgan fingerprint density at radius 2 is 2.17 bits per heavy atom. The zero-order valence-corrected chi connectivity index (χ0v) is 16.7. The number of aromatic nitrogens is 4.